The number of unbranched alkanes of at least 4 members (excludes halogenated alkanes) is 2. The molecule has 2 aromatic rings. The third-order valence-electron chi connectivity index (χ3n) is 6.84. The quantitative estimate of drug-likeness (QED) is 0.411. The molecule has 0 radical (unpaired) electrons. The van der Waals surface area contributed by atoms with Crippen LogP contribution in [-0.2, 0) is 9.59 Å². The molecule has 0 spiro atoms. The van der Waals surface area contributed by atoms with E-state index in [1.165, 1.54) is 0 Å². The molecule has 0 aromatic heterocycles. The number of fused-ring (bicyclic) bond motifs is 1. The highest BCUT2D eigenvalue weighted by Crippen LogP contribution is 2.49. The van der Waals surface area contributed by atoms with Gasteiger partial charge in [-0.25, -0.2) is 0 Å². The number of rotatable bonds is 8. The van der Waals surface area contributed by atoms with Crippen molar-refractivity contribution in [3.63, 3.8) is 0 Å². The summed E-state index contributed by atoms with van der Waals surface area (Å²) in [6, 6.07) is 15.3. The second kappa shape index (κ2) is 10.7. The van der Waals surface area contributed by atoms with Crippen LogP contribution in [0.3, 0.4) is 0 Å². The number of anilines is 2. The number of ketones is 1. The molecule has 4 rings (SSSR count). The topological polar surface area (TPSA) is 58.6 Å². The van der Waals surface area contributed by atoms with Crippen molar-refractivity contribution in [2.24, 2.45) is 5.41 Å². The summed E-state index contributed by atoms with van der Waals surface area (Å²) in [5.41, 5.74) is 3.99. The van der Waals surface area contributed by atoms with Gasteiger partial charge >= 0.3 is 0 Å². The summed E-state index contributed by atoms with van der Waals surface area (Å²) in [6.07, 6.45) is 5.40. The fourth-order valence-corrected chi connectivity index (χ4v) is 5.25. The van der Waals surface area contributed by atoms with Crippen LogP contribution in [0.5, 0.6) is 5.75 Å². The minimum atomic E-state index is -0.535. The number of para-hydroxylation sites is 3. The monoisotopic (exact) mass is 474 g/mol. The Morgan fingerprint density at radius 2 is 1.77 bits per heavy atom. The zero-order valence-electron chi connectivity index (χ0n) is 21.5. The highest BCUT2D eigenvalue weighted by Gasteiger charge is 2.43. The Hall–Kier alpha value is -3.08. The third-order valence-corrected chi connectivity index (χ3v) is 6.84. The number of carbonyl (C=O) groups excluding carboxylic acids is 2. The second-order valence-electron chi connectivity index (χ2n) is 10.5. The van der Waals surface area contributed by atoms with E-state index in [1.54, 1.807) is 0 Å². The van der Waals surface area contributed by atoms with Crippen molar-refractivity contribution in [2.75, 3.05) is 16.8 Å². The van der Waals surface area contributed by atoms with Crippen LogP contribution in [-0.4, -0.2) is 18.3 Å². The second-order valence-corrected chi connectivity index (χ2v) is 10.5. The molecule has 5 nitrogen and oxygen atoms in total. The van der Waals surface area contributed by atoms with Crippen LogP contribution in [0.25, 0.3) is 0 Å². The van der Waals surface area contributed by atoms with E-state index in [9.17, 15) is 9.59 Å². The van der Waals surface area contributed by atoms with Gasteiger partial charge in [0.15, 0.2) is 5.78 Å². The van der Waals surface area contributed by atoms with Crippen molar-refractivity contribution >= 4 is 23.1 Å². The lowest BCUT2D eigenvalue weighted by atomic mass is 9.73. The Bertz CT molecular complexity index is 1120. The lowest BCUT2D eigenvalue weighted by Crippen LogP contribution is -2.39. The molecule has 35 heavy (non-hydrogen) atoms. The highest BCUT2D eigenvalue weighted by atomic mass is 16.5. The maximum Gasteiger partial charge on any atom is 0.227 e. The molecule has 186 valence electrons. The molecule has 0 bridgehead atoms. The molecule has 0 saturated heterocycles. The van der Waals surface area contributed by atoms with Gasteiger partial charge in [-0.2, -0.15) is 0 Å². The van der Waals surface area contributed by atoms with Crippen molar-refractivity contribution in [1.29, 1.82) is 0 Å². The molecule has 1 amide bonds. The van der Waals surface area contributed by atoms with E-state index in [2.05, 4.69) is 33.0 Å². The number of Topliss-reactive ketones (excluding diaryl/α,β-unsaturated/α-hetero) is 1. The van der Waals surface area contributed by atoms with Crippen molar-refractivity contribution in [3.05, 3.63) is 65.4 Å². The molecular formula is C30H38N2O3. The first-order valence-electron chi connectivity index (χ1n) is 13.0. The predicted molar refractivity (Wildman–Crippen MR) is 142 cm³/mol. The standard InChI is InChI=1S/C30H38N2O3/c1-5-7-8-17-27(34)32-24-15-11-10-14-22(24)31-23-19-30(3,4)20-25(33)28(23)29(32)21-13-9-12-16-26(21)35-18-6-2/h9-16,29,31H,5-8,17-20H2,1-4H3. The molecule has 1 N–H and O–H groups in total. The first-order valence-corrected chi connectivity index (χ1v) is 13.0. The Kier molecular flexibility index (Phi) is 7.63. The van der Waals surface area contributed by atoms with Crippen LogP contribution < -0.4 is 15.0 Å². The Balaban J connectivity index is 1.94. The molecule has 0 fully saturated rings. The zero-order chi connectivity index (χ0) is 25.0. The lowest BCUT2D eigenvalue weighted by Gasteiger charge is -2.37. The lowest BCUT2D eigenvalue weighted by molar-refractivity contribution is -0.119. The summed E-state index contributed by atoms with van der Waals surface area (Å²) in [5.74, 6) is 0.863. The van der Waals surface area contributed by atoms with E-state index in [4.69, 9.17) is 4.74 Å². The van der Waals surface area contributed by atoms with Gasteiger partial charge < -0.3 is 10.1 Å². The summed E-state index contributed by atoms with van der Waals surface area (Å²) >= 11 is 0. The Morgan fingerprint density at radius 1 is 1.03 bits per heavy atom. The van der Waals surface area contributed by atoms with Gasteiger partial charge in [-0.1, -0.05) is 70.9 Å². The van der Waals surface area contributed by atoms with Gasteiger partial charge in [0.25, 0.3) is 0 Å². The molecule has 1 aliphatic heterocycles. The number of benzene rings is 2. The Labute approximate surface area is 209 Å². The minimum Gasteiger partial charge on any atom is -0.493 e. The summed E-state index contributed by atoms with van der Waals surface area (Å²) in [7, 11) is 0. The molecule has 2 aliphatic rings. The van der Waals surface area contributed by atoms with E-state index < -0.39 is 6.04 Å². The van der Waals surface area contributed by atoms with E-state index in [0.717, 1.165) is 60.5 Å². The van der Waals surface area contributed by atoms with Crippen LogP contribution in [0.4, 0.5) is 11.4 Å². The van der Waals surface area contributed by atoms with Crippen LogP contribution in [0.15, 0.2) is 59.8 Å². The number of carbonyl (C=O) groups is 2. The van der Waals surface area contributed by atoms with Gasteiger partial charge in [0.05, 0.1) is 24.0 Å². The van der Waals surface area contributed by atoms with Gasteiger partial charge in [-0.3, -0.25) is 14.5 Å². The van der Waals surface area contributed by atoms with Crippen LogP contribution in [0.2, 0.25) is 0 Å². The maximum absolute atomic E-state index is 13.9. The number of hydrogen-bond acceptors (Lipinski definition) is 4. The predicted octanol–water partition coefficient (Wildman–Crippen LogP) is 7.20. The number of nitrogens with one attached hydrogen (secondary N) is 1. The van der Waals surface area contributed by atoms with Crippen LogP contribution >= 0.6 is 0 Å². The summed E-state index contributed by atoms with van der Waals surface area (Å²) in [6.45, 7) is 9.06. The van der Waals surface area contributed by atoms with Crippen molar-refractivity contribution in [3.8, 4) is 5.75 Å². The number of ether oxygens (including phenoxy) is 1. The summed E-state index contributed by atoms with van der Waals surface area (Å²) in [4.78, 5) is 29.6. The number of amides is 1. The molecule has 1 atom stereocenters. The number of allylic oxidation sites excluding steroid dienone is 1. The average molecular weight is 475 g/mol. The van der Waals surface area contributed by atoms with Gasteiger partial charge in [-0.05, 0) is 42.9 Å². The van der Waals surface area contributed by atoms with Crippen molar-refractivity contribution < 1.29 is 14.3 Å². The van der Waals surface area contributed by atoms with Crippen LogP contribution in [0, 0.1) is 5.41 Å². The molecule has 2 aromatic carbocycles. The van der Waals surface area contributed by atoms with Crippen molar-refractivity contribution in [2.45, 2.75) is 78.7 Å². The van der Waals surface area contributed by atoms with Gasteiger partial charge in [0.1, 0.15) is 5.75 Å². The molecule has 1 aliphatic carbocycles. The first-order chi connectivity index (χ1) is 16.9. The van der Waals surface area contributed by atoms with E-state index in [1.807, 2.05) is 53.4 Å². The highest BCUT2D eigenvalue weighted by molar-refractivity contribution is 6.06. The number of nitrogens with zero attached hydrogens (tertiary/aromatic N) is 1. The fourth-order valence-electron chi connectivity index (χ4n) is 5.25. The molecule has 1 heterocycles. The molecule has 5 heteroatoms. The smallest absolute Gasteiger partial charge is 0.227 e. The van der Waals surface area contributed by atoms with E-state index in [0.29, 0.717) is 25.0 Å². The molecule has 0 saturated carbocycles. The fraction of sp³-hybridized carbons (Fsp3) is 0.467. The largest absolute Gasteiger partial charge is 0.493 e. The third kappa shape index (κ3) is 5.29. The van der Waals surface area contributed by atoms with Crippen molar-refractivity contribution in [1.82, 2.24) is 0 Å². The number of hydrogen-bond donors (Lipinski definition) is 1. The summed E-state index contributed by atoms with van der Waals surface area (Å²) < 4.78 is 6.16. The molecular weight excluding hydrogens is 436 g/mol. The molecule has 1 unspecified atom stereocenters. The SMILES string of the molecule is CCCCCC(=O)N1c2ccccc2NC2=C(C(=O)CC(C)(C)C2)C1c1ccccc1OCCC. The zero-order valence-corrected chi connectivity index (χ0v) is 21.5. The van der Waals surface area contributed by atoms with Crippen LogP contribution in [0.1, 0.15) is 84.2 Å². The summed E-state index contributed by atoms with van der Waals surface area (Å²) in [5, 5.41) is 3.59. The van der Waals surface area contributed by atoms with Gasteiger partial charge in [0.2, 0.25) is 5.91 Å². The maximum atomic E-state index is 13.9. The average Bonchev–Trinajstić information content (AvgIpc) is 2.96. The first kappa shape index (κ1) is 25.0. The minimum absolute atomic E-state index is 0.0365. The van der Waals surface area contributed by atoms with Gasteiger partial charge in [-0.15, -0.1) is 0 Å². The Morgan fingerprint density at radius 3 is 2.54 bits per heavy atom. The van der Waals surface area contributed by atoms with E-state index in [-0.39, 0.29) is 17.1 Å². The van der Waals surface area contributed by atoms with Gasteiger partial charge in [0, 0.05) is 29.7 Å². The normalized spacial score (nSPS) is 18.9. The van der Waals surface area contributed by atoms with E-state index >= 15 is 0 Å².